The van der Waals surface area contributed by atoms with E-state index in [9.17, 15) is 31.2 Å². The molecule has 0 aromatic heterocycles. The molecule has 11 heteroatoms. The van der Waals surface area contributed by atoms with E-state index in [-0.39, 0.29) is 59.6 Å². The number of carbonyl (C=O) groups excluding carboxylic acids is 2. The average Bonchev–Trinajstić information content (AvgIpc) is 2.99. The van der Waals surface area contributed by atoms with Crippen LogP contribution in [0.15, 0.2) is 89.8 Å². The van der Waals surface area contributed by atoms with Crippen molar-refractivity contribution in [3.63, 3.8) is 0 Å². The van der Waals surface area contributed by atoms with Crippen molar-refractivity contribution in [2.24, 2.45) is 17.6 Å². The van der Waals surface area contributed by atoms with Gasteiger partial charge in [-0.25, -0.2) is 8.42 Å². The van der Waals surface area contributed by atoms with Crippen molar-refractivity contribution in [2.75, 3.05) is 12.4 Å². The molecule has 0 spiro atoms. The third-order valence-electron chi connectivity index (χ3n) is 8.04. The first kappa shape index (κ1) is 35.3. The Morgan fingerprint density at radius 3 is 2.00 bits per heavy atom. The van der Waals surface area contributed by atoms with Crippen molar-refractivity contribution in [2.45, 2.75) is 61.6 Å². The number of ketones is 1. The summed E-state index contributed by atoms with van der Waals surface area (Å²) in [7, 11) is -3.77. The van der Waals surface area contributed by atoms with Crippen LogP contribution >= 0.6 is 12.4 Å². The van der Waals surface area contributed by atoms with Crippen LogP contribution in [-0.2, 0) is 36.8 Å². The molecule has 0 amide bonds. The number of ether oxygens (including phenoxy) is 1. The SMILES string of the molecule is Cl.N[C@@H](Cc1ccccc1)C(=O)OC[C@@H](CC(=O)C1CCC(CS(=O)(=O)c2ccc(C(F)(F)F)cc2)CC1)c1ccccc1. The van der Waals surface area contributed by atoms with E-state index in [4.69, 9.17) is 10.5 Å². The molecule has 1 saturated carbocycles. The lowest BCUT2D eigenvalue weighted by Gasteiger charge is -2.28. The molecule has 3 aromatic rings. The molecular formula is C33H37ClF3NO5S. The van der Waals surface area contributed by atoms with Gasteiger partial charge in [0, 0.05) is 18.3 Å². The monoisotopic (exact) mass is 651 g/mol. The van der Waals surface area contributed by atoms with Crippen molar-refractivity contribution in [3.05, 3.63) is 102 Å². The third-order valence-corrected chi connectivity index (χ3v) is 9.95. The second kappa shape index (κ2) is 15.7. The van der Waals surface area contributed by atoms with Gasteiger partial charge in [0.2, 0.25) is 0 Å². The standard InChI is InChI=1S/C33H36F3NO5S.ClH/c34-33(35,36)28-15-17-29(18-16-28)43(40,41)22-24-11-13-26(14-12-24)31(38)20-27(25-9-5-2-6-10-25)21-42-32(39)30(37)19-23-7-3-1-4-8-23;/h1-10,15-18,24,26-27,30H,11-14,19-22,37H2;1H/t24?,26?,27-,30+;/m1./s1. The van der Waals surface area contributed by atoms with Gasteiger partial charge in [-0.05, 0) is 73.4 Å². The van der Waals surface area contributed by atoms with Gasteiger partial charge in [0.05, 0.1) is 22.8 Å². The predicted molar refractivity (Wildman–Crippen MR) is 164 cm³/mol. The maximum atomic E-state index is 13.4. The van der Waals surface area contributed by atoms with Gasteiger partial charge in [0.1, 0.15) is 11.8 Å². The predicted octanol–water partition coefficient (Wildman–Crippen LogP) is 6.56. The zero-order valence-electron chi connectivity index (χ0n) is 24.1. The number of hydrogen-bond donors (Lipinski definition) is 1. The molecule has 2 N–H and O–H groups in total. The minimum atomic E-state index is -4.54. The number of carbonyl (C=O) groups is 2. The van der Waals surface area contributed by atoms with Crippen molar-refractivity contribution in [1.29, 1.82) is 0 Å². The highest BCUT2D eigenvalue weighted by Gasteiger charge is 2.33. The highest BCUT2D eigenvalue weighted by atomic mass is 35.5. The van der Waals surface area contributed by atoms with Gasteiger partial charge >= 0.3 is 12.1 Å². The highest BCUT2D eigenvalue weighted by molar-refractivity contribution is 7.91. The summed E-state index contributed by atoms with van der Waals surface area (Å²) in [6.07, 6.45) is -1.93. The summed E-state index contributed by atoms with van der Waals surface area (Å²) in [5.74, 6) is -1.46. The van der Waals surface area contributed by atoms with E-state index in [1.54, 1.807) is 0 Å². The number of hydrogen-bond acceptors (Lipinski definition) is 6. The Labute approximate surface area is 262 Å². The van der Waals surface area contributed by atoms with Crippen LogP contribution in [-0.4, -0.2) is 38.6 Å². The number of alkyl halides is 3. The lowest BCUT2D eigenvalue weighted by atomic mass is 9.78. The molecule has 0 heterocycles. The zero-order valence-corrected chi connectivity index (χ0v) is 25.8. The summed E-state index contributed by atoms with van der Waals surface area (Å²) < 4.78 is 69.8. The molecule has 1 fully saturated rings. The van der Waals surface area contributed by atoms with Crippen LogP contribution in [0.5, 0.6) is 0 Å². The maximum absolute atomic E-state index is 13.4. The normalized spacial score (nSPS) is 18.5. The summed E-state index contributed by atoms with van der Waals surface area (Å²) in [4.78, 5) is 25.9. The molecule has 2 atom stereocenters. The number of nitrogens with two attached hydrogens (primary N) is 1. The Bertz CT molecular complexity index is 1460. The Kier molecular flexibility index (Phi) is 12.6. The zero-order chi connectivity index (χ0) is 31.0. The van der Waals surface area contributed by atoms with Crippen molar-refractivity contribution >= 4 is 34.0 Å². The fourth-order valence-corrected chi connectivity index (χ4v) is 7.25. The van der Waals surface area contributed by atoms with E-state index in [2.05, 4.69) is 0 Å². The Hall–Kier alpha value is -3.21. The highest BCUT2D eigenvalue weighted by Crippen LogP contribution is 2.35. The Morgan fingerprint density at radius 2 is 1.43 bits per heavy atom. The average molecular weight is 652 g/mol. The number of esters is 1. The van der Waals surface area contributed by atoms with Crippen LogP contribution in [0.4, 0.5) is 13.2 Å². The summed E-state index contributed by atoms with van der Waals surface area (Å²) >= 11 is 0. The number of Topliss-reactive ketones (excluding diaryl/α,β-unsaturated/α-hetero) is 1. The van der Waals surface area contributed by atoms with E-state index in [0.717, 1.165) is 35.4 Å². The van der Waals surface area contributed by atoms with E-state index in [1.807, 2.05) is 60.7 Å². The fourth-order valence-electron chi connectivity index (χ4n) is 5.56. The second-order valence-electron chi connectivity index (χ2n) is 11.2. The van der Waals surface area contributed by atoms with Crippen molar-refractivity contribution in [3.8, 4) is 0 Å². The van der Waals surface area contributed by atoms with Crippen LogP contribution in [0.25, 0.3) is 0 Å². The van der Waals surface area contributed by atoms with Gasteiger partial charge < -0.3 is 10.5 Å². The van der Waals surface area contributed by atoms with Gasteiger partial charge in [-0.15, -0.1) is 12.4 Å². The Balaban J connectivity index is 0.00000529. The number of benzene rings is 3. The lowest BCUT2D eigenvalue weighted by Crippen LogP contribution is -2.35. The van der Waals surface area contributed by atoms with E-state index in [1.165, 1.54) is 0 Å². The number of halogens is 4. The minimum Gasteiger partial charge on any atom is -0.464 e. The second-order valence-corrected chi connectivity index (χ2v) is 13.3. The molecule has 3 aromatic carbocycles. The Morgan fingerprint density at radius 1 is 0.864 bits per heavy atom. The third kappa shape index (κ3) is 9.90. The van der Waals surface area contributed by atoms with E-state index in [0.29, 0.717) is 32.1 Å². The van der Waals surface area contributed by atoms with Crippen LogP contribution in [0, 0.1) is 11.8 Å². The molecule has 6 nitrogen and oxygen atoms in total. The molecule has 1 aliphatic carbocycles. The smallest absolute Gasteiger partial charge is 0.416 e. The first-order valence-corrected chi connectivity index (χ1v) is 16.0. The first-order valence-electron chi connectivity index (χ1n) is 14.4. The summed E-state index contributed by atoms with van der Waals surface area (Å²) in [6, 6.07) is 21.5. The number of sulfone groups is 1. The molecule has 44 heavy (non-hydrogen) atoms. The van der Waals surface area contributed by atoms with Crippen LogP contribution in [0.3, 0.4) is 0 Å². The van der Waals surface area contributed by atoms with Crippen molar-refractivity contribution in [1.82, 2.24) is 0 Å². The largest absolute Gasteiger partial charge is 0.464 e. The van der Waals surface area contributed by atoms with Gasteiger partial charge in [-0.1, -0.05) is 60.7 Å². The molecule has 238 valence electrons. The maximum Gasteiger partial charge on any atom is 0.416 e. The summed E-state index contributed by atoms with van der Waals surface area (Å²) in [5, 5.41) is 0. The quantitative estimate of drug-likeness (QED) is 0.223. The molecular weight excluding hydrogens is 615 g/mol. The topological polar surface area (TPSA) is 104 Å². The molecule has 4 rings (SSSR count). The van der Waals surface area contributed by atoms with Crippen LogP contribution in [0.1, 0.15) is 54.7 Å². The van der Waals surface area contributed by atoms with E-state index < -0.39 is 33.6 Å². The van der Waals surface area contributed by atoms with Gasteiger partial charge in [-0.2, -0.15) is 13.2 Å². The molecule has 0 bridgehead atoms. The van der Waals surface area contributed by atoms with Gasteiger partial charge in [0.25, 0.3) is 0 Å². The molecule has 0 radical (unpaired) electrons. The van der Waals surface area contributed by atoms with Crippen LogP contribution < -0.4 is 5.73 Å². The number of rotatable bonds is 12. The summed E-state index contributed by atoms with van der Waals surface area (Å²) in [5.41, 5.74) is 6.97. The summed E-state index contributed by atoms with van der Waals surface area (Å²) in [6.45, 7) is 0.0117. The first-order chi connectivity index (χ1) is 20.4. The van der Waals surface area contributed by atoms with Gasteiger partial charge in [0.15, 0.2) is 9.84 Å². The molecule has 1 aliphatic rings. The fraction of sp³-hybridized carbons (Fsp3) is 0.394. The van der Waals surface area contributed by atoms with E-state index >= 15 is 0 Å². The van der Waals surface area contributed by atoms with Crippen molar-refractivity contribution < 1.29 is 35.9 Å². The molecule has 0 unspecified atom stereocenters. The van der Waals surface area contributed by atoms with Gasteiger partial charge in [-0.3, -0.25) is 9.59 Å². The molecule has 0 aliphatic heterocycles. The minimum absolute atomic E-state index is 0. The molecule has 0 saturated heterocycles. The lowest BCUT2D eigenvalue weighted by molar-refractivity contribution is -0.146. The van der Waals surface area contributed by atoms with Crippen LogP contribution in [0.2, 0.25) is 0 Å².